The zero-order chi connectivity index (χ0) is 15.0. The molecule has 21 heavy (non-hydrogen) atoms. The van der Waals surface area contributed by atoms with Gasteiger partial charge in [0.15, 0.2) is 5.82 Å². The summed E-state index contributed by atoms with van der Waals surface area (Å²) >= 11 is 0. The summed E-state index contributed by atoms with van der Waals surface area (Å²) in [4.78, 5) is 27.3. The molecule has 1 aromatic rings. The number of carboxylic acid groups (broad SMARTS) is 1. The van der Waals surface area contributed by atoms with Crippen LogP contribution in [0.2, 0.25) is 0 Å². The number of carbonyl (C=O) groups is 2. The lowest BCUT2D eigenvalue weighted by Gasteiger charge is -2.40. The van der Waals surface area contributed by atoms with Gasteiger partial charge in [-0.05, 0) is 18.8 Å². The third-order valence-electron chi connectivity index (χ3n) is 4.34. The van der Waals surface area contributed by atoms with Gasteiger partial charge in [0.1, 0.15) is 12.4 Å². The summed E-state index contributed by atoms with van der Waals surface area (Å²) in [6.07, 6.45) is 3.34. The molecule has 2 atom stereocenters. The Morgan fingerprint density at radius 2 is 2.14 bits per heavy atom. The van der Waals surface area contributed by atoms with Crippen molar-refractivity contribution in [1.29, 1.82) is 0 Å². The van der Waals surface area contributed by atoms with Gasteiger partial charge in [0.25, 0.3) is 0 Å². The van der Waals surface area contributed by atoms with Crippen molar-refractivity contribution >= 4 is 12.0 Å². The van der Waals surface area contributed by atoms with Gasteiger partial charge in [-0.15, -0.1) is 10.2 Å². The van der Waals surface area contributed by atoms with E-state index in [-0.39, 0.29) is 11.9 Å². The van der Waals surface area contributed by atoms with Crippen molar-refractivity contribution in [3.05, 3.63) is 12.2 Å². The minimum Gasteiger partial charge on any atom is -0.480 e. The van der Waals surface area contributed by atoms with Crippen molar-refractivity contribution in [3.63, 3.8) is 0 Å². The number of amides is 2. The molecule has 1 N–H and O–H groups in total. The summed E-state index contributed by atoms with van der Waals surface area (Å²) < 4.78 is 1.91. The highest BCUT2D eigenvalue weighted by Gasteiger charge is 2.39. The average molecular weight is 293 g/mol. The number of carboxylic acids is 1. The van der Waals surface area contributed by atoms with Crippen LogP contribution in [0.5, 0.6) is 0 Å². The summed E-state index contributed by atoms with van der Waals surface area (Å²) in [5, 5.41) is 17.2. The smallest absolute Gasteiger partial charge is 0.326 e. The predicted octanol–water partition coefficient (Wildman–Crippen LogP) is 0.399. The van der Waals surface area contributed by atoms with Gasteiger partial charge in [-0.3, -0.25) is 0 Å². The number of aliphatic carboxylic acids is 1. The predicted molar refractivity (Wildman–Crippen MR) is 72.4 cm³/mol. The highest BCUT2D eigenvalue weighted by Crippen LogP contribution is 2.25. The Labute approximate surface area is 122 Å². The van der Waals surface area contributed by atoms with Crippen LogP contribution < -0.4 is 0 Å². The Bertz CT molecular complexity index is 558. The Kier molecular flexibility index (Phi) is 3.52. The molecule has 2 amide bonds. The van der Waals surface area contributed by atoms with Gasteiger partial charge in [-0.25, -0.2) is 9.59 Å². The zero-order valence-electron chi connectivity index (χ0n) is 12.0. The maximum atomic E-state index is 12.7. The lowest BCUT2D eigenvalue weighted by atomic mass is 9.91. The molecule has 114 valence electrons. The van der Waals surface area contributed by atoms with E-state index in [0.717, 1.165) is 18.7 Å². The molecule has 0 spiro atoms. The molecule has 0 aromatic carbocycles. The van der Waals surface area contributed by atoms with E-state index in [1.54, 1.807) is 11.2 Å². The van der Waals surface area contributed by atoms with Gasteiger partial charge >= 0.3 is 12.0 Å². The fraction of sp³-hybridized carbons (Fsp3) is 0.692. The minimum absolute atomic E-state index is 0.0198. The Hall–Kier alpha value is -2.12. The Balaban J connectivity index is 1.76. The number of nitrogens with zero attached hydrogens (tertiary/aromatic N) is 5. The molecule has 0 saturated carbocycles. The van der Waals surface area contributed by atoms with Crippen LogP contribution in [0.1, 0.15) is 25.6 Å². The van der Waals surface area contributed by atoms with Crippen LogP contribution in [-0.4, -0.2) is 60.8 Å². The maximum Gasteiger partial charge on any atom is 0.326 e. The fourth-order valence-electron chi connectivity index (χ4n) is 3.19. The monoisotopic (exact) mass is 293 g/mol. The number of urea groups is 1. The normalized spacial score (nSPS) is 25.6. The second kappa shape index (κ2) is 5.34. The molecule has 0 aliphatic carbocycles. The largest absolute Gasteiger partial charge is 0.480 e. The first-order valence-electron chi connectivity index (χ1n) is 7.23. The van der Waals surface area contributed by atoms with Crippen molar-refractivity contribution in [2.75, 3.05) is 13.1 Å². The highest BCUT2D eigenvalue weighted by atomic mass is 16.4. The first kappa shape index (κ1) is 13.8. The van der Waals surface area contributed by atoms with Crippen molar-refractivity contribution in [3.8, 4) is 0 Å². The third kappa shape index (κ3) is 2.45. The molecule has 0 bridgehead atoms. The van der Waals surface area contributed by atoms with Gasteiger partial charge in [-0.1, -0.05) is 6.92 Å². The van der Waals surface area contributed by atoms with Gasteiger partial charge in [0.05, 0.1) is 6.54 Å². The summed E-state index contributed by atoms with van der Waals surface area (Å²) in [6.45, 7) is 3.99. The topological polar surface area (TPSA) is 91.6 Å². The summed E-state index contributed by atoms with van der Waals surface area (Å²) in [7, 11) is 0. The molecule has 1 aromatic heterocycles. The molecule has 1 saturated heterocycles. The second-order valence-electron chi connectivity index (χ2n) is 5.74. The quantitative estimate of drug-likeness (QED) is 0.809. The van der Waals surface area contributed by atoms with E-state index in [1.807, 2.05) is 11.5 Å². The molecule has 2 unspecified atom stereocenters. The van der Waals surface area contributed by atoms with E-state index >= 15 is 0 Å². The molecular formula is C13H19N5O3. The lowest BCUT2D eigenvalue weighted by molar-refractivity contribution is -0.145. The summed E-state index contributed by atoms with van der Waals surface area (Å²) in [5.41, 5.74) is 0. The van der Waals surface area contributed by atoms with E-state index in [4.69, 9.17) is 0 Å². The second-order valence-corrected chi connectivity index (χ2v) is 5.74. The molecular weight excluding hydrogens is 274 g/mol. The first-order chi connectivity index (χ1) is 10.1. The van der Waals surface area contributed by atoms with Gasteiger partial charge < -0.3 is 19.5 Å². The molecule has 3 heterocycles. The fourth-order valence-corrected chi connectivity index (χ4v) is 3.19. The van der Waals surface area contributed by atoms with Crippen LogP contribution >= 0.6 is 0 Å². The van der Waals surface area contributed by atoms with Crippen LogP contribution in [0.15, 0.2) is 6.33 Å². The summed E-state index contributed by atoms with van der Waals surface area (Å²) in [5.74, 6) is -0.198. The minimum atomic E-state index is -0.921. The van der Waals surface area contributed by atoms with Crippen LogP contribution in [0.4, 0.5) is 4.79 Å². The number of hydrogen-bond donors (Lipinski definition) is 1. The number of aromatic nitrogens is 3. The number of hydrogen-bond acceptors (Lipinski definition) is 4. The van der Waals surface area contributed by atoms with Crippen molar-refractivity contribution < 1.29 is 14.7 Å². The van der Waals surface area contributed by atoms with E-state index < -0.39 is 12.0 Å². The van der Waals surface area contributed by atoms with Crippen LogP contribution in [0.3, 0.4) is 0 Å². The number of rotatable bonds is 1. The van der Waals surface area contributed by atoms with E-state index in [0.29, 0.717) is 26.2 Å². The molecule has 1 fully saturated rings. The van der Waals surface area contributed by atoms with E-state index in [1.165, 1.54) is 4.90 Å². The first-order valence-corrected chi connectivity index (χ1v) is 7.23. The van der Waals surface area contributed by atoms with E-state index in [9.17, 15) is 14.7 Å². The van der Waals surface area contributed by atoms with E-state index in [2.05, 4.69) is 10.2 Å². The Morgan fingerprint density at radius 3 is 2.90 bits per heavy atom. The van der Waals surface area contributed by atoms with Crippen molar-refractivity contribution in [2.45, 2.75) is 38.9 Å². The SMILES string of the molecule is CC1CCCN(C(=O)N2CCn3cnnc3C2)C1C(=O)O. The van der Waals surface area contributed by atoms with Crippen LogP contribution in [0, 0.1) is 5.92 Å². The maximum absolute atomic E-state index is 12.7. The summed E-state index contributed by atoms with van der Waals surface area (Å²) in [6, 6.07) is -0.936. The van der Waals surface area contributed by atoms with Gasteiger partial charge in [0.2, 0.25) is 0 Å². The molecule has 2 aliphatic rings. The van der Waals surface area contributed by atoms with Gasteiger partial charge in [0, 0.05) is 19.6 Å². The molecule has 3 rings (SSSR count). The molecule has 8 heteroatoms. The number of carbonyl (C=O) groups excluding carboxylic acids is 1. The van der Waals surface area contributed by atoms with Crippen molar-refractivity contribution in [1.82, 2.24) is 24.6 Å². The Morgan fingerprint density at radius 1 is 1.33 bits per heavy atom. The third-order valence-corrected chi connectivity index (χ3v) is 4.34. The van der Waals surface area contributed by atoms with Crippen LogP contribution in [0.25, 0.3) is 0 Å². The van der Waals surface area contributed by atoms with Crippen LogP contribution in [-0.2, 0) is 17.9 Å². The number of likely N-dealkylation sites (tertiary alicyclic amines) is 1. The zero-order valence-corrected chi connectivity index (χ0v) is 12.0. The number of fused-ring (bicyclic) bond motifs is 1. The molecule has 8 nitrogen and oxygen atoms in total. The van der Waals surface area contributed by atoms with Gasteiger partial charge in [-0.2, -0.15) is 0 Å². The standard InChI is InChI=1S/C13H19N5O3/c1-9-3-2-4-18(11(9)12(19)20)13(21)16-5-6-17-8-14-15-10(17)7-16/h8-9,11H,2-7H2,1H3,(H,19,20). The molecule has 0 radical (unpaired) electrons. The van der Waals surface area contributed by atoms with Crippen molar-refractivity contribution in [2.24, 2.45) is 5.92 Å². The molecule has 2 aliphatic heterocycles. The number of piperidine rings is 1. The lowest BCUT2D eigenvalue weighted by Crippen LogP contribution is -2.56. The average Bonchev–Trinajstić information content (AvgIpc) is 2.93. The highest BCUT2D eigenvalue weighted by molar-refractivity contribution is 5.83.